The zero-order valence-corrected chi connectivity index (χ0v) is 12.7. The second kappa shape index (κ2) is 6.73. The Morgan fingerprint density at radius 2 is 1.27 bits per heavy atom. The molecule has 0 fully saturated rings. The maximum atomic E-state index is 5.81. The fourth-order valence-corrected chi connectivity index (χ4v) is 3.14. The van der Waals surface area contributed by atoms with Gasteiger partial charge in [-0.15, -0.1) is 0 Å². The minimum Gasteiger partial charge on any atom is -0.326 e. The molecular formula is C20H22N2. The van der Waals surface area contributed by atoms with E-state index in [1.54, 1.807) is 0 Å². The summed E-state index contributed by atoms with van der Waals surface area (Å²) in [6.45, 7) is 1.14. The molecule has 2 nitrogen and oxygen atoms in total. The van der Waals surface area contributed by atoms with Crippen LogP contribution in [0.4, 0.5) is 0 Å². The summed E-state index contributed by atoms with van der Waals surface area (Å²) in [5.74, 6) is 0.675. The predicted molar refractivity (Wildman–Crippen MR) is 92.3 cm³/mol. The summed E-state index contributed by atoms with van der Waals surface area (Å²) >= 11 is 0. The van der Waals surface area contributed by atoms with Crippen LogP contribution >= 0.6 is 0 Å². The molecule has 1 aliphatic carbocycles. The van der Waals surface area contributed by atoms with Gasteiger partial charge in [-0.05, 0) is 22.3 Å². The van der Waals surface area contributed by atoms with Crippen LogP contribution in [0.5, 0.6) is 0 Å². The van der Waals surface area contributed by atoms with Crippen LogP contribution in [0.1, 0.15) is 28.2 Å². The van der Waals surface area contributed by atoms with Crippen LogP contribution in [0.15, 0.2) is 72.8 Å². The van der Waals surface area contributed by atoms with Crippen LogP contribution in [-0.4, -0.2) is 0 Å². The van der Waals surface area contributed by atoms with Gasteiger partial charge in [0.15, 0.2) is 0 Å². The molecule has 0 saturated heterocycles. The quantitative estimate of drug-likeness (QED) is 0.885. The highest BCUT2D eigenvalue weighted by molar-refractivity contribution is 5.41. The zero-order valence-electron chi connectivity index (χ0n) is 12.7. The Labute approximate surface area is 132 Å². The third kappa shape index (κ3) is 3.03. The van der Waals surface area contributed by atoms with Gasteiger partial charge in [0, 0.05) is 24.9 Å². The van der Waals surface area contributed by atoms with E-state index in [4.69, 9.17) is 11.5 Å². The molecule has 2 heteroatoms. The molecule has 0 spiro atoms. The Balaban J connectivity index is 2.06. The highest BCUT2D eigenvalue weighted by Gasteiger charge is 2.22. The third-order valence-electron chi connectivity index (χ3n) is 4.25. The van der Waals surface area contributed by atoms with Crippen LogP contribution < -0.4 is 11.5 Å². The summed E-state index contributed by atoms with van der Waals surface area (Å²) < 4.78 is 0. The van der Waals surface area contributed by atoms with Gasteiger partial charge in [-0.2, -0.15) is 0 Å². The normalized spacial score (nSPS) is 14.1. The monoisotopic (exact) mass is 290 g/mol. The van der Waals surface area contributed by atoms with Crippen molar-refractivity contribution in [2.45, 2.75) is 19.0 Å². The van der Waals surface area contributed by atoms with Crippen molar-refractivity contribution in [2.24, 2.45) is 17.4 Å². The molecule has 112 valence electrons. The number of hydrogen-bond acceptors (Lipinski definition) is 2. The van der Waals surface area contributed by atoms with Gasteiger partial charge in [-0.3, -0.25) is 0 Å². The van der Waals surface area contributed by atoms with Crippen LogP contribution in [-0.2, 0) is 13.1 Å². The van der Waals surface area contributed by atoms with Crippen molar-refractivity contribution in [1.82, 2.24) is 0 Å². The van der Waals surface area contributed by atoms with Gasteiger partial charge < -0.3 is 11.5 Å². The lowest BCUT2D eigenvalue weighted by Gasteiger charge is -2.23. The van der Waals surface area contributed by atoms with Crippen molar-refractivity contribution < 1.29 is 0 Å². The molecule has 2 aromatic carbocycles. The van der Waals surface area contributed by atoms with E-state index in [1.807, 2.05) is 0 Å². The largest absolute Gasteiger partial charge is 0.326 e. The minimum absolute atomic E-state index is 0.299. The van der Waals surface area contributed by atoms with Crippen molar-refractivity contribution >= 4 is 0 Å². The SMILES string of the molecule is NCc1cccc(C(c2cccc(CN)c2)C2C=CC=C2)c1. The molecule has 4 N–H and O–H groups in total. The van der Waals surface area contributed by atoms with Gasteiger partial charge >= 0.3 is 0 Å². The molecule has 22 heavy (non-hydrogen) atoms. The maximum Gasteiger partial charge on any atom is 0.0187 e. The van der Waals surface area contributed by atoms with E-state index < -0.39 is 0 Å². The molecule has 0 radical (unpaired) electrons. The maximum absolute atomic E-state index is 5.81. The Kier molecular flexibility index (Phi) is 4.52. The number of benzene rings is 2. The van der Waals surface area contributed by atoms with Crippen LogP contribution in [0.2, 0.25) is 0 Å². The molecular weight excluding hydrogens is 268 g/mol. The van der Waals surface area contributed by atoms with Crippen LogP contribution in [0, 0.1) is 5.92 Å². The van der Waals surface area contributed by atoms with Crippen molar-refractivity contribution in [3.05, 3.63) is 95.1 Å². The van der Waals surface area contributed by atoms with E-state index in [1.165, 1.54) is 22.3 Å². The summed E-state index contributed by atoms with van der Waals surface area (Å²) in [5.41, 5.74) is 16.6. The summed E-state index contributed by atoms with van der Waals surface area (Å²) in [7, 11) is 0. The molecule has 0 atom stereocenters. The molecule has 0 bridgehead atoms. The number of nitrogens with two attached hydrogens (primary N) is 2. The van der Waals surface area contributed by atoms with Crippen molar-refractivity contribution in [2.75, 3.05) is 0 Å². The molecule has 2 aromatic rings. The van der Waals surface area contributed by atoms with Crippen molar-refractivity contribution in [3.63, 3.8) is 0 Å². The predicted octanol–water partition coefficient (Wildman–Crippen LogP) is 3.48. The summed E-state index contributed by atoms with van der Waals surface area (Å²) in [5, 5.41) is 0. The lowest BCUT2D eigenvalue weighted by molar-refractivity contribution is 0.690. The average molecular weight is 290 g/mol. The highest BCUT2D eigenvalue weighted by atomic mass is 14.5. The van der Waals surface area contributed by atoms with E-state index in [-0.39, 0.29) is 0 Å². The van der Waals surface area contributed by atoms with E-state index >= 15 is 0 Å². The Hall–Kier alpha value is -2.16. The molecule has 1 aliphatic rings. The molecule has 0 unspecified atom stereocenters. The lowest BCUT2D eigenvalue weighted by Crippen LogP contribution is -2.11. The Morgan fingerprint density at radius 1 is 0.773 bits per heavy atom. The lowest BCUT2D eigenvalue weighted by atomic mass is 9.80. The van der Waals surface area contributed by atoms with Gasteiger partial charge in [0.25, 0.3) is 0 Å². The van der Waals surface area contributed by atoms with Gasteiger partial charge in [0.2, 0.25) is 0 Å². The Morgan fingerprint density at radius 3 is 1.73 bits per heavy atom. The Bertz CT molecular complexity index is 641. The smallest absolute Gasteiger partial charge is 0.0187 e. The first-order valence-electron chi connectivity index (χ1n) is 7.74. The van der Waals surface area contributed by atoms with Gasteiger partial charge in [0.05, 0.1) is 0 Å². The first-order valence-corrected chi connectivity index (χ1v) is 7.74. The average Bonchev–Trinajstić information content (AvgIpc) is 3.09. The van der Waals surface area contributed by atoms with Gasteiger partial charge in [0.1, 0.15) is 0 Å². The minimum atomic E-state index is 0.299. The molecule has 0 saturated carbocycles. The van der Waals surface area contributed by atoms with E-state index in [0.717, 1.165) is 0 Å². The second-order valence-corrected chi connectivity index (χ2v) is 5.72. The van der Waals surface area contributed by atoms with Crippen LogP contribution in [0.3, 0.4) is 0 Å². The number of allylic oxidation sites excluding steroid dienone is 4. The summed E-state index contributed by atoms with van der Waals surface area (Å²) in [6.07, 6.45) is 8.76. The second-order valence-electron chi connectivity index (χ2n) is 5.72. The zero-order chi connectivity index (χ0) is 15.4. The molecule has 0 amide bonds. The van der Waals surface area contributed by atoms with Gasteiger partial charge in [-0.1, -0.05) is 72.8 Å². The van der Waals surface area contributed by atoms with E-state index in [9.17, 15) is 0 Å². The number of rotatable bonds is 5. The summed E-state index contributed by atoms with van der Waals surface area (Å²) in [4.78, 5) is 0. The highest BCUT2D eigenvalue weighted by Crippen LogP contribution is 2.36. The standard InChI is InChI=1S/C20H22N2/c21-13-15-5-3-9-18(11-15)20(17-7-1-2-8-17)19-10-4-6-16(12-19)14-22/h1-12,17,20H,13-14,21-22H2. The molecule has 3 rings (SSSR count). The van der Waals surface area contributed by atoms with Crippen LogP contribution in [0.25, 0.3) is 0 Å². The third-order valence-corrected chi connectivity index (χ3v) is 4.25. The molecule has 0 aromatic heterocycles. The topological polar surface area (TPSA) is 52.0 Å². The fraction of sp³-hybridized carbons (Fsp3) is 0.200. The fourth-order valence-electron chi connectivity index (χ4n) is 3.14. The van der Waals surface area contributed by atoms with E-state index in [0.29, 0.717) is 24.9 Å². The van der Waals surface area contributed by atoms with E-state index in [2.05, 4.69) is 72.8 Å². The molecule has 0 aliphatic heterocycles. The first-order chi connectivity index (χ1) is 10.8. The van der Waals surface area contributed by atoms with Crippen molar-refractivity contribution in [3.8, 4) is 0 Å². The van der Waals surface area contributed by atoms with Gasteiger partial charge in [-0.25, -0.2) is 0 Å². The first kappa shape index (κ1) is 14.8. The molecule has 0 heterocycles. The van der Waals surface area contributed by atoms with Crippen molar-refractivity contribution in [1.29, 1.82) is 0 Å². The number of hydrogen-bond donors (Lipinski definition) is 2. The summed E-state index contributed by atoms with van der Waals surface area (Å²) in [6, 6.07) is 17.2.